The fourth-order valence-electron chi connectivity index (χ4n) is 3.39. The summed E-state index contributed by atoms with van der Waals surface area (Å²) in [6.45, 7) is 0. The van der Waals surface area contributed by atoms with Crippen LogP contribution < -0.4 is 0 Å². The van der Waals surface area contributed by atoms with Crippen LogP contribution in [0.3, 0.4) is 0 Å². The topological polar surface area (TPSA) is 49.7 Å². The van der Waals surface area contributed by atoms with Crippen molar-refractivity contribution in [3.05, 3.63) is 58.3 Å². The van der Waals surface area contributed by atoms with Crippen LogP contribution in [0.15, 0.2) is 52.3 Å². The van der Waals surface area contributed by atoms with Gasteiger partial charge in [-0.25, -0.2) is 8.42 Å². The molecule has 0 N–H and O–H groups in total. The molecule has 4 nitrogen and oxygen atoms in total. The van der Waals surface area contributed by atoms with Crippen LogP contribution >= 0.6 is 11.3 Å². The molecule has 120 valence electrons. The van der Waals surface area contributed by atoms with E-state index in [1.54, 1.807) is 11.3 Å². The van der Waals surface area contributed by atoms with Crippen molar-refractivity contribution in [2.24, 2.45) is 5.10 Å². The quantitative estimate of drug-likeness (QED) is 0.858. The molecule has 0 spiro atoms. The van der Waals surface area contributed by atoms with Gasteiger partial charge >= 0.3 is 0 Å². The molecular formula is C17H18N2O2S2. The lowest BCUT2D eigenvalue weighted by molar-refractivity contribution is 0.176. The van der Waals surface area contributed by atoms with E-state index in [0.29, 0.717) is 6.42 Å². The molecule has 0 amide bonds. The predicted molar refractivity (Wildman–Crippen MR) is 93.6 cm³/mol. The van der Waals surface area contributed by atoms with Crippen LogP contribution in [-0.2, 0) is 9.84 Å². The highest BCUT2D eigenvalue weighted by Crippen LogP contribution is 2.37. The minimum atomic E-state index is -2.92. The van der Waals surface area contributed by atoms with Crippen molar-refractivity contribution in [1.29, 1.82) is 0 Å². The van der Waals surface area contributed by atoms with E-state index in [9.17, 15) is 8.42 Å². The van der Waals surface area contributed by atoms with E-state index in [2.05, 4.69) is 34.0 Å². The smallest absolute Gasteiger partial charge is 0.152 e. The molecule has 1 aromatic carbocycles. The van der Waals surface area contributed by atoms with Crippen molar-refractivity contribution in [3.63, 3.8) is 0 Å². The Morgan fingerprint density at radius 1 is 1.17 bits per heavy atom. The molecule has 4 rings (SSSR count). The Kier molecular flexibility index (Phi) is 3.73. The molecule has 2 atom stereocenters. The Hall–Kier alpha value is -1.66. The molecule has 1 saturated heterocycles. The number of hydrogen-bond acceptors (Lipinski definition) is 5. The second kappa shape index (κ2) is 5.76. The minimum Gasteiger partial charge on any atom is -0.285 e. The van der Waals surface area contributed by atoms with Crippen molar-refractivity contribution in [1.82, 2.24) is 5.01 Å². The van der Waals surface area contributed by atoms with E-state index in [1.807, 2.05) is 18.2 Å². The Balaban J connectivity index is 1.68. The molecule has 0 unspecified atom stereocenters. The summed E-state index contributed by atoms with van der Waals surface area (Å²) in [6.07, 6.45) is 1.51. The third-order valence-electron chi connectivity index (χ3n) is 4.56. The summed E-state index contributed by atoms with van der Waals surface area (Å²) in [5, 5.41) is 11.1. The normalized spacial score (nSPS) is 26.4. The molecule has 0 saturated carbocycles. The zero-order valence-corrected chi connectivity index (χ0v) is 14.3. The average molecular weight is 346 g/mol. The number of rotatable bonds is 3. The number of hydrazone groups is 1. The number of nitrogens with zero attached hydrogens (tertiary/aromatic N) is 2. The number of hydrogen-bond donors (Lipinski definition) is 0. The first-order valence-electron chi connectivity index (χ1n) is 7.76. The van der Waals surface area contributed by atoms with E-state index >= 15 is 0 Å². The van der Waals surface area contributed by atoms with Crippen LogP contribution in [0, 0.1) is 0 Å². The largest absolute Gasteiger partial charge is 0.285 e. The van der Waals surface area contributed by atoms with Gasteiger partial charge in [0.15, 0.2) is 9.84 Å². The molecule has 23 heavy (non-hydrogen) atoms. The summed E-state index contributed by atoms with van der Waals surface area (Å²) in [7, 11) is -2.92. The monoisotopic (exact) mass is 346 g/mol. The molecule has 1 aromatic heterocycles. The highest BCUT2D eigenvalue weighted by Gasteiger charge is 2.39. The van der Waals surface area contributed by atoms with Crippen molar-refractivity contribution in [2.75, 3.05) is 11.5 Å². The van der Waals surface area contributed by atoms with Gasteiger partial charge in [-0.3, -0.25) is 5.01 Å². The Morgan fingerprint density at radius 3 is 2.65 bits per heavy atom. The standard InChI is InChI=1S/C17H18N2O2S2/c20-23(21)9-7-15(12-23)19-17(14-6-8-22-11-14)10-16(18-19)13-4-2-1-3-5-13/h1-6,8,11,15,17H,7,9-10,12H2/t15-,17+/m0/s1. The van der Waals surface area contributed by atoms with Gasteiger partial charge in [-0.15, -0.1) is 0 Å². The van der Waals surface area contributed by atoms with Crippen LogP contribution in [0.5, 0.6) is 0 Å². The summed E-state index contributed by atoms with van der Waals surface area (Å²) in [5.74, 6) is 0.500. The molecule has 0 radical (unpaired) electrons. The number of benzene rings is 1. The Morgan fingerprint density at radius 2 is 2.00 bits per heavy atom. The van der Waals surface area contributed by atoms with Gasteiger partial charge < -0.3 is 0 Å². The van der Waals surface area contributed by atoms with Crippen LogP contribution in [0.2, 0.25) is 0 Å². The lowest BCUT2D eigenvalue weighted by atomic mass is 10.00. The fourth-order valence-corrected chi connectivity index (χ4v) is 5.80. The predicted octanol–water partition coefficient (Wildman–Crippen LogP) is 3.09. The molecule has 6 heteroatoms. The van der Waals surface area contributed by atoms with Gasteiger partial charge in [0, 0.05) is 6.42 Å². The fraction of sp³-hybridized carbons (Fsp3) is 0.353. The molecule has 2 aliphatic heterocycles. The van der Waals surface area contributed by atoms with Crippen LogP contribution in [0.25, 0.3) is 0 Å². The van der Waals surface area contributed by atoms with E-state index in [0.717, 1.165) is 17.7 Å². The molecule has 3 heterocycles. The summed E-state index contributed by atoms with van der Waals surface area (Å²) in [4.78, 5) is 0. The van der Waals surface area contributed by atoms with E-state index in [1.165, 1.54) is 5.56 Å². The lowest BCUT2D eigenvalue weighted by Crippen LogP contribution is -2.32. The maximum Gasteiger partial charge on any atom is 0.152 e. The van der Waals surface area contributed by atoms with Crippen molar-refractivity contribution >= 4 is 26.9 Å². The second-order valence-corrected chi connectivity index (χ2v) is 9.13. The SMILES string of the molecule is O=S1(=O)CC[C@H](N2N=C(c3ccccc3)C[C@@H]2c2ccsc2)C1. The number of thiophene rings is 1. The molecule has 1 fully saturated rings. The summed E-state index contributed by atoms with van der Waals surface area (Å²) in [6, 6.07) is 12.4. The first kappa shape index (κ1) is 14.9. The van der Waals surface area contributed by atoms with Gasteiger partial charge in [0.1, 0.15) is 0 Å². The highest BCUT2D eigenvalue weighted by atomic mass is 32.2. The van der Waals surface area contributed by atoms with Crippen LogP contribution in [0.1, 0.15) is 30.0 Å². The first-order valence-corrected chi connectivity index (χ1v) is 10.5. The third-order valence-corrected chi connectivity index (χ3v) is 7.01. The highest BCUT2D eigenvalue weighted by molar-refractivity contribution is 7.91. The summed E-state index contributed by atoms with van der Waals surface area (Å²) in [5.41, 5.74) is 3.40. The van der Waals surface area contributed by atoms with Gasteiger partial charge in [-0.1, -0.05) is 30.3 Å². The van der Waals surface area contributed by atoms with E-state index in [4.69, 9.17) is 5.10 Å². The first-order chi connectivity index (χ1) is 11.1. The van der Waals surface area contributed by atoms with Gasteiger partial charge in [-0.2, -0.15) is 16.4 Å². The minimum absolute atomic E-state index is 0.00823. The van der Waals surface area contributed by atoms with Gasteiger partial charge in [0.25, 0.3) is 0 Å². The van der Waals surface area contributed by atoms with E-state index in [-0.39, 0.29) is 23.6 Å². The molecule has 2 aliphatic rings. The van der Waals surface area contributed by atoms with Gasteiger partial charge in [-0.05, 0) is 34.4 Å². The van der Waals surface area contributed by atoms with Crippen LogP contribution in [0.4, 0.5) is 0 Å². The molecule has 2 aromatic rings. The van der Waals surface area contributed by atoms with Crippen molar-refractivity contribution in [3.8, 4) is 0 Å². The molecule has 0 bridgehead atoms. The Bertz CT molecular complexity index is 814. The van der Waals surface area contributed by atoms with Gasteiger partial charge in [0.05, 0.1) is 29.3 Å². The summed E-state index contributed by atoms with van der Waals surface area (Å²) < 4.78 is 23.7. The maximum atomic E-state index is 11.9. The lowest BCUT2D eigenvalue weighted by Gasteiger charge is -2.28. The van der Waals surface area contributed by atoms with E-state index < -0.39 is 9.84 Å². The summed E-state index contributed by atoms with van der Waals surface area (Å²) >= 11 is 1.67. The average Bonchev–Trinajstić information content (AvgIpc) is 3.25. The number of sulfone groups is 1. The maximum absolute atomic E-state index is 11.9. The Labute approximate surface area is 140 Å². The third kappa shape index (κ3) is 2.93. The second-order valence-electron chi connectivity index (χ2n) is 6.13. The molecule has 0 aliphatic carbocycles. The zero-order chi connectivity index (χ0) is 15.9. The van der Waals surface area contributed by atoms with Crippen LogP contribution in [-0.4, -0.2) is 36.7 Å². The zero-order valence-electron chi connectivity index (χ0n) is 12.6. The van der Waals surface area contributed by atoms with Crippen molar-refractivity contribution in [2.45, 2.75) is 24.9 Å². The van der Waals surface area contributed by atoms with Crippen molar-refractivity contribution < 1.29 is 8.42 Å². The van der Waals surface area contributed by atoms with Gasteiger partial charge in [0.2, 0.25) is 0 Å². The molecular weight excluding hydrogens is 328 g/mol.